The van der Waals surface area contributed by atoms with E-state index >= 15 is 0 Å². The lowest BCUT2D eigenvalue weighted by atomic mass is 10.1. The van der Waals surface area contributed by atoms with Crippen molar-refractivity contribution in [1.29, 1.82) is 0 Å². The van der Waals surface area contributed by atoms with Crippen molar-refractivity contribution < 1.29 is 17.9 Å². The number of para-hydroxylation sites is 2. The summed E-state index contributed by atoms with van der Waals surface area (Å²) in [5.41, 5.74) is 3.01. The lowest BCUT2D eigenvalue weighted by Gasteiger charge is -2.12. The fraction of sp³-hybridized carbons (Fsp3) is 0.286. The zero-order valence-electron chi connectivity index (χ0n) is 16.7. The summed E-state index contributed by atoms with van der Waals surface area (Å²) in [6.07, 6.45) is 0. The van der Waals surface area contributed by atoms with Crippen molar-refractivity contribution in [3.8, 4) is 5.75 Å². The summed E-state index contributed by atoms with van der Waals surface area (Å²) < 4.78 is 39.7. The monoisotopic (exact) mass is 430 g/mol. The number of hydrogen-bond donors (Lipinski definition) is 0. The first-order valence-corrected chi connectivity index (χ1v) is 10.2. The topological polar surface area (TPSA) is 66.0 Å². The van der Waals surface area contributed by atoms with Gasteiger partial charge in [-0.15, -0.1) is 10.2 Å². The third kappa shape index (κ3) is 4.16. The highest BCUT2D eigenvalue weighted by Crippen LogP contribution is 2.37. The zero-order valence-corrected chi connectivity index (χ0v) is 17.5. The number of fused-ring (bicyclic) bond motifs is 1. The Morgan fingerprint density at radius 2 is 1.93 bits per heavy atom. The fourth-order valence-electron chi connectivity index (χ4n) is 3.11. The SMILES string of the molecule is Cc1ccc(C)c(OCc2nnc(SC(C)c3nc4ccccc4n3C(F)F)o2)c1. The van der Waals surface area contributed by atoms with E-state index in [1.165, 1.54) is 11.8 Å². The van der Waals surface area contributed by atoms with Crippen LogP contribution in [0, 0.1) is 13.8 Å². The molecule has 9 heteroatoms. The number of imidazole rings is 1. The summed E-state index contributed by atoms with van der Waals surface area (Å²) in [6.45, 7) is 3.16. The van der Waals surface area contributed by atoms with Gasteiger partial charge in [0.1, 0.15) is 11.6 Å². The summed E-state index contributed by atoms with van der Waals surface area (Å²) in [5, 5.41) is 7.85. The molecular formula is C21H20F2N4O2S. The van der Waals surface area contributed by atoms with Crippen LogP contribution in [-0.4, -0.2) is 19.7 Å². The van der Waals surface area contributed by atoms with Crippen LogP contribution in [0.1, 0.15) is 41.6 Å². The number of alkyl halides is 2. The van der Waals surface area contributed by atoms with E-state index in [1.54, 1.807) is 31.2 Å². The Kier molecular flexibility index (Phi) is 5.72. The summed E-state index contributed by atoms with van der Waals surface area (Å²) in [5.74, 6) is 1.32. The van der Waals surface area contributed by atoms with Gasteiger partial charge in [-0.25, -0.2) is 4.98 Å². The molecule has 30 heavy (non-hydrogen) atoms. The van der Waals surface area contributed by atoms with Gasteiger partial charge >= 0.3 is 6.55 Å². The predicted octanol–water partition coefficient (Wildman–Crippen LogP) is 5.86. The molecule has 0 N–H and O–H groups in total. The molecule has 0 aliphatic carbocycles. The van der Waals surface area contributed by atoms with Crippen LogP contribution < -0.4 is 4.74 Å². The van der Waals surface area contributed by atoms with Crippen molar-refractivity contribution in [1.82, 2.24) is 19.7 Å². The normalized spacial score (nSPS) is 12.6. The molecule has 156 valence electrons. The Bertz CT molecular complexity index is 1170. The van der Waals surface area contributed by atoms with Crippen molar-refractivity contribution in [2.45, 2.75) is 44.4 Å². The number of ether oxygens (including phenoxy) is 1. The molecule has 2 aromatic carbocycles. The van der Waals surface area contributed by atoms with E-state index in [4.69, 9.17) is 9.15 Å². The number of nitrogens with zero attached hydrogens (tertiary/aromatic N) is 4. The van der Waals surface area contributed by atoms with Crippen LogP contribution in [-0.2, 0) is 6.61 Å². The highest BCUT2D eigenvalue weighted by atomic mass is 32.2. The molecule has 0 radical (unpaired) electrons. The molecule has 2 aromatic heterocycles. The van der Waals surface area contributed by atoms with Crippen molar-refractivity contribution in [2.75, 3.05) is 0 Å². The van der Waals surface area contributed by atoms with Crippen molar-refractivity contribution in [2.24, 2.45) is 0 Å². The lowest BCUT2D eigenvalue weighted by Crippen LogP contribution is -2.06. The first-order chi connectivity index (χ1) is 14.4. The fourth-order valence-corrected chi connectivity index (χ4v) is 3.91. The van der Waals surface area contributed by atoms with Gasteiger partial charge in [0.05, 0.1) is 16.3 Å². The van der Waals surface area contributed by atoms with Gasteiger partial charge in [0.25, 0.3) is 11.1 Å². The van der Waals surface area contributed by atoms with Crippen LogP contribution in [0.4, 0.5) is 8.78 Å². The van der Waals surface area contributed by atoms with Gasteiger partial charge in [-0.3, -0.25) is 4.57 Å². The molecular weight excluding hydrogens is 410 g/mol. The van der Waals surface area contributed by atoms with Gasteiger partial charge in [-0.2, -0.15) is 8.78 Å². The number of rotatable bonds is 7. The molecule has 6 nitrogen and oxygen atoms in total. The molecule has 0 saturated carbocycles. The minimum absolute atomic E-state index is 0.127. The molecule has 0 fully saturated rings. The number of aryl methyl sites for hydroxylation is 2. The average Bonchev–Trinajstić information content (AvgIpc) is 3.33. The minimum Gasteiger partial charge on any atom is -0.484 e. The largest absolute Gasteiger partial charge is 0.484 e. The van der Waals surface area contributed by atoms with Crippen LogP contribution in [0.2, 0.25) is 0 Å². The lowest BCUT2D eigenvalue weighted by molar-refractivity contribution is 0.0715. The second-order valence-corrected chi connectivity index (χ2v) is 8.18. The number of aromatic nitrogens is 4. The van der Waals surface area contributed by atoms with E-state index in [1.807, 2.05) is 32.0 Å². The van der Waals surface area contributed by atoms with Gasteiger partial charge in [0.2, 0.25) is 0 Å². The maximum absolute atomic E-state index is 13.7. The third-order valence-electron chi connectivity index (χ3n) is 4.60. The van der Waals surface area contributed by atoms with Crippen LogP contribution in [0.15, 0.2) is 52.1 Å². The molecule has 0 aliphatic heterocycles. The Hall–Kier alpha value is -2.94. The molecule has 0 amide bonds. The van der Waals surface area contributed by atoms with E-state index in [-0.39, 0.29) is 17.7 Å². The molecule has 0 saturated heterocycles. The van der Waals surface area contributed by atoms with Gasteiger partial charge in [0.15, 0.2) is 6.61 Å². The molecule has 0 aliphatic rings. The number of thioether (sulfide) groups is 1. The van der Waals surface area contributed by atoms with Gasteiger partial charge in [-0.05, 0) is 50.1 Å². The molecule has 1 atom stereocenters. The van der Waals surface area contributed by atoms with Crippen LogP contribution in [0.25, 0.3) is 11.0 Å². The number of hydrogen-bond acceptors (Lipinski definition) is 6. The Morgan fingerprint density at radius 3 is 2.73 bits per heavy atom. The third-order valence-corrected chi connectivity index (χ3v) is 5.53. The maximum Gasteiger partial charge on any atom is 0.320 e. The van der Waals surface area contributed by atoms with Gasteiger partial charge < -0.3 is 9.15 Å². The Balaban J connectivity index is 1.48. The highest BCUT2D eigenvalue weighted by molar-refractivity contribution is 7.99. The van der Waals surface area contributed by atoms with E-state index < -0.39 is 11.8 Å². The number of benzene rings is 2. The molecule has 4 aromatic rings. The molecule has 0 spiro atoms. The Morgan fingerprint density at radius 1 is 1.13 bits per heavy atom. The molecule has 4 rings (SSSR count). The van der Waals surface area contributed by atoms with Crippen LogP contribution in [0.5, 0.6) is 5.75 Å². The van der Waals surface area contributed by atoms with E-state index in [0.29, 0.717) is 16.9 Å². The zero-order chi connectivity index (χ0) is 21.3. The van der Waals surface area contributed by atoms with Crippen molar-refractivity contribution in [3.63, 3.8) is 0 Å². The van der Waals surface area contributed by atoms with Crippen molar-refractivity contribution >= 4 is 22.8 Å². The first kappa shape index (κ1) is 20.3. The second kappa shape index (κ2) is 8.43. The first-order valence-electron chi connectivity index (χ1n) is 9.36. The average molecular weight is 430 g/mol. The van der Waals surface area contributed by atoms with Crippen molar-refractivity contribution in [3.05, 3.63) is 65.3 Å². The summed E-state index contributed by atoms with van der Waals surface area (Å²) in [4.78, 5) is 4.38. The van der Waals surface area contributed by atoms with E-state index in [2.05, 4.69) is 15.2 Å². The summed E-state index contributed by atoms with van der Waals surface area (Å²) in [7, 11) is 0. The standard InChI is InChI=1S/C21H20F2N4O2S/c1-12-8-9-13(2)17(10-12)28-11-18-25-26-21(29-18)30-14(3)19-24-15-6-4-5-7-16(15)27(19)20(22)23/h4-10,14,20H,11H2,1-3H3. The highest BCUT2D eigenvalue weighted by Gasteiger charge is 2.24. The van der Waals surface area contributed by atoms with Crippen LogP contribution >= 0.6 is 11.8 Å². The number of halogens is 2. The van der Waals surface area contributed by atoms with Gasteiger partial charge in [0, 0.05) is 0 Å². The summed E-state index contributed by atoms with van der Waals surface area (Å²) in [6, 6.07) is 12.8. The Labute approximate surface area is 176 Å². The maximum atomic E-state index is 13.7. The van der Waals surface area contributed by atoms with Gasteiger partial charge in [-0.1, -0.05) is 36.0 Å². The smallest absolute Gasteiger partial charge is 0.320 e. The summed E-state index contributed by atoms with van der Waals surface area (Å²) >= 11 is 1.18. The minimum atomic E-state index is -2.69. The van der Waals surface area contributed by atoms with E-state index in [9.17, 15) is 8.78 Å². The molecule has 0 bridgehead atoms. The van der Waals surface area contributed by atoms with E-state index in [0.717, 1.165) is 21.4 Å². The molecule has 1 unspecified atom stereocenters. The second-order valence-electron chi connectivity index (χ2n) is 6.89. The predicted molar refractivity (Wildman–Crippen MR) is 110 cm³/mol. The molecule has 2 heterocycles. The quantitative estimate of drug-likeness (QED) is 0.342. The van der Waals surface area contributed by atoms with Crippen LogP contribution in [0.3, 0.4) is 0 Å².